The molecular weight excluding hydrogens is 236 g/mol. The first-order chi connectivity index (χ1) is 9.08. The lowest BCUT2D eigenvalue weighted by atomic mass is 10.1. The van der Waals surface area contributed by atoms with Crippen molar-refractivity contribution in [2.75, 3.05) is 0 Å². The summed E-state index contributed by atoms with van der Waals surface area (Å²) in [5.74, 6) is 0.0355. The largest absolute Gasteiger partial charge is 0.353 e. The van der Waals surface area contributed by atoms with Gasteiger partial charge in [-0.25, -0.2) is 0 Å². The fourth-order valence-corrected chi connectivity index (χ4v) is 1.98. The summed E-state index contributed by atoms with van der Waals surface area (Å²) in [6, 6.07) is 10.3. The molecule has 0 saturated carbocycles. The molecule has 0 aliphatic carbocycles. The summed E-state index contributed by atoms with van der Waals surface area (Å²) in [6.45, 7) is 6.13. The van der Waals surface area contributed by atoms with Gasteiger partial charge in [0, 0.05) is 11.4 Å². The molecule has 2 rings (SSSR count). The summed E-state index contributed by atoms with van der Waals surface area (Å²) in [7, 11) is 0. The van der Waals surface area contributed by atoms with Crippen LogP contribution in [0.5, 0.6) is 0 Å². The molecule has 3 heteroatoms. The number of hydrogen-bond acceptors (Lipinski definition) is 2. The highest BCUT2D eigenvalue weighted by Gasteiger charge is 2.08. The van der Waals surface area contributed by atoms with Gasteiger partial charge in [-0.2, -0.15) is 0 Å². The first-order valence-electron chi connectivity index (χ1n) is 6.74. The van der Waals surface area contributed by atoms with Crippen molar-refractivity contribution in [2.45, 2.75) is 39.7 Å². The molecule has 0 aliphatic heterocycles. The van der Waals surface area contributed by atoms with E-state index in [2.05, 4.69) is 30.2 Å². The summed E-state index contributed by atoms with van der Waals surface area (Å²) in [4.78, 5) is 16.3. The molecule has 19 heavy (non-hydrogen) atoms. The van der Waals surface area contributed by atoms with Crippen LogP contribution >= 0.6 is 0 Å². The molecular formula is C16H20N2O. The minimum atomic E-state index is 0.0355. The van der Waals surface area contributed by atoms with Gasteiger partial charge in [0.15, 0.2) is 0 Å². The van der Waals surface area contributed by atoms with Crippen LogP contribution in [-0.2, 0) is 11.2 Å². The average Bonchev–Trinajstić information content (AvgIpc) is 2.38. The molecule has 0 spiro atoms. The highest BCUT2D eigenvalue weighted by atomic mass is 16.1. The Hall–Kier alpha value is -1.90. The molecule has 1 N–H and O–H groups in total. The Bertz CT molecular complexity index is 592. The number of carbonyl (C=O) groups is 1. The Balaban J connectivity index is 2.13. The second-order valence-electron chi connectivity index (χ2n) is 5.05. The monoisotopic (exact) mass is 256 g/mol. The summed E-state index contributed by atoms with van der Waals surface area (Å²) in [5.41, 5.74) is 2.98. The van der Waals surface area contributed by atoms with E-state index in [4.69, 9.17) is 0 Å². The highest BCUT2D eigenvalue weighted by molar-refractivity contribution is 5.82. The Morgan fingerprint density at radius 1 is 1.32 bits per heavy atom. The summed E-state index contributed by atoms with van der Waals surface area (Å²) >= 11 is 0. The van der Waals surface area contributed by atoms with Crippen molar-refractivity contribution in [3.63, 3.8) is 0 Å². The quantitative estimate of drug-likeness (QED) is 0.913. The third-order valence-corrected chi connectivity index (χ3v) is 3.26. The predicted octanol–water partition coefficient (Wildman–Crippen LogP) is 3.00. The van der Waals surface area contributed by atoms with Crippen molar-refractivity contribution in [3.8, 4) is 0 Å². The van der Waals surface area contributed by atoms with Gasteiger partial charge in [0.2, 0.25) is 5.91 Å². The summed E-state index contributed by atoms with van der Waals surface area (Å²) < 4.78 is 0. The smallest absolute Gasteiger partial charge is 0.226 e. The minimum absolute atomic E-state index is 0.0355. The molecule has 0 radical (unpaired) electrons. The van der Waals surface area contributed by atoms with E-state index in [9.17, 15) is 4.79 Å². The van der Waals surface area contributed by atoms with Crippen molar-refractivity contribution in [2.24, 2.45) is 0 Å². The maximum atomic E-state index is 11.8. The van der Waals surface area contributed by atoms with E-state index < -0.39 is 0 Å². The second-order valence-corrected chi connectivity index (χ2v) is 5.05. The third kappa shape index (κ3) is 3.53. The van der Waals surface area contributed by atoms with E-state index in [0.29, 0.717) is 6.42 Å². The standard InChI is InChI=1S/C16H20N2O/c1-4-12(3)17-16(19)10-14-7-6-13-9-11(2)5-8-15(13)18-14/h5-9,12H,4,10H2,1-3H3,(H,17,19). The average molecular weight is 256 g/mol. The summed E-state index contributed by atoms with van der Waals surface area (Å²) in [5, 5.41) is 4.07. The van der Waals surface area contributed by atoms with Crippen LogP contribution in [-0.4, -0.2) is 16.9 Å². The molecule has 1 amide bonds. The van der Waals surface area contributed by atoms with Crippen LogP contribution < -0.4 is 5.32 Å². The van der Waals surface area contributed by atoms with Gasteiger partial charge < -0.3 is 5.32 Å². The number of benzene rings is 1. The highest BCUT2D eigenvalue weighted by Crippen LogP contribution is 2.14. The van der Waals surface area contributed by atoms with E-state index in [1.807, 2.05) is 31.2 Å². The lowest BCUT2D eigenvalue weighted by Crippen LogP contribution is -2.33. The predicted molar refractivity (Wildman–Crippen MR) is 78.1 cm³/mol. The number of rotatable bonds is 4. The lowest BCUT2D eigenvalue weighted by Gasteiger charge is -2.11. The first kappa shape index (κ1) is 13.5. The topological polar surface area (TPSA) is 42.0 Å². The van der Waals surface area contributed by atoms with Gasteiger partial charge in [0.25, 0.3) is 0 Å². The van der Waals surface area contributed by atoms with Gasteiger partial charge in [0.1, 0.15) is 0 Å². The molecule has 1 atom stereocenters. The van der Waals surface area contributed by atoms with Gasteiger partial charge in [0.05, 0.1) is 17.6 Å². The number of nitrogens with zero attached hydrogens (tertiary/aromatic N) is 1. The number of nitrogens with one attached hydrogen (secondary N) is 1. The Morgan fingerprint density at radius 2 is 2.11 bits per heavy atom. The van der Waals surface area contributed by atoms with Crippen LogP contribution in [0.4, 0.5) is 0 Å². The Labute approximate surface area is 114 Å². The van der Waals surface area contributed by atoms with Gasteiger partial charge in [-0.05, 0) is 38.5 Å². The molecule has 3 nitrogen and oxygen atoms in total. The normalized spacial score (nSPS) is 12.4. The molecule has 0 aliphatic rings. The molecule has 1 aromatic heterocycles. The number of pyridine rings is 1. The van der Waals surface area contributed by atoms with Crippen molar-refractivity contribution in [1.29, 1.82) is 0 Å². The Kier molecular flexibility index (Phi) is 4.15. The Morgan fingerprint density at radius 3 is 2.84 bits per heavy atom. The van der Waals surface area contributed by atoms with E-state index in [0.717, 1.165) is 23.0 Å². The van der Waals surface area contributed by atoms with E-state index in [1.54, 1.807) is 0 Å². The number of aryl methyl sites for hydroxylation is 1. The summed E-state index contributed by atoms with van der Waals surface area (Å²) in [6.07, 6.45) is 1.28. The van der Waals surface area contributed by atoms with Crippen molar-refractivity contribution >= 4 is 16.8 Å². The molecule has 100 valence electrons. The molecule has 1 aromatic carbocycles. The van der Waals surface area contributed by atoms with Crippen molar-refractivity contribution in [3.05, 3.63) is 41.6 Å². The number of fused-ring (bicyclic) bond motifs is 1. The van der Waals surface area contributed by atoms with Crippen LogP contribution in [0, 0.1) is 6.92 Å². The second kappa shape index (κ2) is 5.83. The zero-order chi connectivity index (χ0) is 13.8. The number of hydrogen-bond donors (Lipinski definition) is 1. The zero-order valence-electron chi connectivity index (χ0n) is 11.7. The molecule has 0 fully saturated rings. The van der Waals surface area contributed by atoms with Gasteiger partial charge >= 0.3 is 0 Å². The van der Waals surface area contributed by atoms with Crippen molar-refractivity contribution in [1.82, 2.24) is 10.3 Å². The molecule has 2 aromatic rings. The molecule has 0 saturated heterocycles. The van der Waals surface area contributed by atoms with Crippen LogP contribution in [0.2, 0.25) is 0 Å². The fraction of sp³-hybridized carbons (Fsp3) is 0.375. The van der Waals surface area contributed by atoms with E-state index >= 15 is 0 Å². The first-order valence-corrected chi connectivity index (χ1v) is 6.74. The van der Waals surface area contributed by atoms with Crippen LogP contribution in [0.3, 0.4) is 0 Å². The van der Waals surface area contributed by atoms with E-state index in [-0.39, 0.29) is 11.9 Å². The number of carbonyl (C=O) groups excluding carboxylic acids is 1. The minimum Gasteiger partial charge on any atom is -0.353 e. The maximum Gasteiger partial charge on any atom is 0.226 e. The number of amides is 1. The van der Waals surface area contributed by atoms with Gasteiger partial charge in [-0.1, -0.05) is 24.6 Å². The molecule has 0 bridgehead atoms. The van der Waals surface area contributed by atoms with Crippen LogP contribution in [0.25, 0.3) is 10.9 Å². The van der Waals surface area contributed by atoms with Gasteiger partial charge in [-0.15, -0.1) is 0 Å². The van der Waals surface area contributed by atoms with Crippen LogP contribution in [0.15, 0.2) is 30.3 Å². The van der Waals surface area contributed by atoms with E-state index in [1.165, 1.54) is 5.56 Å². The number of aromatic nitrogens is 1. The lowest BCUT2D eigenvalue weighted by molar-refractivity contribution is -0.121. The van der Waals surface area contributed by atoms with Crippen LogP contribution in [0.1, 0.15) is 31.5 Å². The SMILES string of the molecule is CCC(C)NC(=O)Cc1ccc2cc(C)ccc2n1. The van der Waals surface area contributed by atoms with Crippen molar-refractivity contribution < 1.29 is 4.79 Å². The molecule has 1 unspecified atom stereocenters. The third-order valence-electron chi connectivity index (χ3n) is 3.26. The van der Waals surface area contributed by atoms with Gasteiger partial charge in [-0.3, -0.25) is 9.78 Å². The maximum absolute atomic E-state index is 11.8. The fourth-order valence-electron chi connectivity index (χ4n) is 1.98. The molecule has 1 heterocycles. The zero-order valence-corrected chi connectivity index (χ0v) is 11.7.